The number of aromatic nitrogens is 2. The molecule has 1 aromatic rings. The highest BCUT2D eigenvalue weighted by Crippen LogP contribution is 2.29. The minimum absolute atomic E-state index is 0.477. The number of aliphatic hydroxyl groups is 1. The number of nitrogens with one attached hydrogen (secondary N) is 1. The molecular formula is C14H28N4O2. The Morgan fingerprint density at radius 1 is 1.50 bits per heavy atom. The average Bonchev–Trinajstić information content (AvgIpc) is 2.80. The topological polar surface area (TPSA) is 62.5 Å². The summed E-state index contributed by atoms with van der Waals surface area (Å²) in [6.07, 6.45) is 2.70. The highest BCUT2D eigenvalue weighted by molar-refractivity contribution is 5.30. The molecule has 6 heteroatoms. The van der Waals surface area contributed by atoms with Gasteiger partial charge in [-0.1, -0.05) is 6.92 Å². The van der Waals surface area contributed by atoms with Gasteiger partial charge in [0.1, 0.15) is 11.3 Å². The molecule has 1 rings (SSSR count). The summed E-state index contributed by atoms with van der Waals surface area (Å²) in [5.74, 6) is 0.632. The van der Waals surface area contributed by atoms with E-state index in [1.165, 1.54) is 0 Å². The number of rotatable bonds is 9. The summed E-state index contributed by atoms with van der Waals surface area (Å²) in [7, 11) is 5.63. The zero-order chi connectivity index (χ0) is 15.2. The zero-order valence-electron chi connectivity index (χ0n) is 13.3. The van der Waals surface area contributed by atoms with Gasteiger partial charge in [0.05, 0.1) is 19.9 Å². The van der Waals surface area contributed by atoms with E-state index in [0.717, 1.165) is 31.7 Å². The molecule has 1 unspecified atom stereocenters. The van der Waals surface area contributed by atoms with Crippen LogP contribution < -0.4 is 10.1 Å². The van der Waals surface area contributed by atoms with Crippen molar-refractivity contribution in [3.05, 3.63) is 11.9 Å². The van der Waals surface area contributed by atoms with Crippen LogP contribution in [0, 0.1) is 0 Å². The fourth-order valence-electron chi connectivity index (χ4n) is 2.12. The van der Waals surface area contributed by atoms with Crippen molar-refractivity contribution in [1.29, 1.82) is 0 Å². The fraction of sp³-hybridized carbons (Fsp3) is 0.786. The van der Waals surface area contributed by atoms with Gasteiger partial charge in [0.15, 0.2) is 5.75 Å². The van der Waals surface area contributed by atoms with Crippen LogP contribution in [0.15, 0.2) is 6.20 Å². The lowest BCUT2D eigenvalue weighted by atomic mass is 10.0. The van der Waals surface area contributed by atoms with E-state index in [0.29, 0.717) is 12.3 Å². The predicted molar refractivity (Wildman–Crippen MR) is 80.1 cm³/mol. The summed E-state index contributed by atoms with van der Waals surface area (Å²) < 4.78 is 7.17. The molecule has 0 aliphatic carbocycles. The highest BCUT2D eigenvalue weighted by atomic mass is 16.5. The molecule has 0 amide bonds. The lowest BCUT2D eigenvalue weighted by Gasteiger charge is -2.26. The molecule has 0 spiro atoms. The van der Waals surface area contributed by atoms with Crippen molar-refractivity contribution in [3.63, 3.8) is 0 Å². The maximum absolute atomic E-state index is 10.7. The summed E-state index contributed by atoms with van der Waals surface area (Å²) in [5, 5.41) is 18.3. The number of methoxy groups -OCH3 is 1. The van der Waals surface area contributed by atoms with Crippen molar-refractivity contribution in [3.8, 4) is 5.75 Å². The van der Waals surface area contributed by atoms with Crippen molar-refractivity contribution >= 4 is 0 Å². The molecule has 0 bridgehead atoms. The summed E-state index contributed by atoms with van der Waals surface area (Å²) >= 11 is 0. The largest absolute Gasteiger partial charge is 0.493 e. The molecular weight excluding hydrogens is 256 g/mol. The van der Waals surface area contributed by atoms with Gasteiger partial charge in [-0.25, -0.2) is 0 Å². The summed E-state index contributed by atoms with van der Waals surface area (Å²) in [5.41, 5.74) is -0.283. The molecule has 1 aromatic heterocycles. The minimum Gasteiger partial charge on any atom is -0.493 e. The summed E-state index contributed by atoms with van der Waals surface area (Å²) in [4.78, 5) is 2.09. The third-order valence-electron chi connectivity index (χ3n) is 3.19. The van der Waals surface area contributed by atoms with E-state index in [9.17, 15) is 5.11 Å². The molecule has 2 N–H and O–H groups in total. The van der Waals surface area contributed by atoms with Gasteiger partial charge < -0.3 is 20.1 Å². The smallest absolute Gasteiger partial charge is 0.162 e. The standard InChI is InChI=1S/C14H28N4O2/c1-6-7-15-11-14(2,19)13-12(20-5)10-16-18(13)9-8-17(3)4/h10,15,19H,6-9,11H2,1-5H3. The van der Waals surface area contributed by atoms with Crippen molar-refractivity contribution < 1.29 is 9.84 Å². The van der Waals surface area contributed by atoms with Crippen LogP contribution in [0.1, 0.15) is 26.0 Å². The highest BCUT2D eigenvalue weighted by Gasteiger charge is 2.31. The Morgan fingerprint density at radius 2 is 2.20 bits per heavy atom. The molecule has 0 aliphatic heterocycles. The Morgan fingerprint density at radius 3 is 2.75 bits per heavy atom. The number of hydrogen-bond donors (Lipinski definition) is 2. The normalized spacial score (nSPS) is 14.6. The van der Waals surface area contributed by atoms with Crippen molar-refractivity contribution in [2.24, 2.45) is 0 Å². The van der Waals surface area contributed by atoms with Gasteiger partial charge in [-0.15, -0.1) is 0 Å². The van der Waals surface area contributed by atoms with E-state index in [1.807, 2.05) is 18.8 Å². The van der Waals surface area contributed by atoms with Gasteiger partial charge in [-0.05, 0) is 34.0 Å². The van der Waals surface area contributed by atoms with E-state index < -0.39 is 5.60 Å². The van der Waals surface area contributed by atoms with E-state index in [-0.39, 0.29) is 0 Å². The minimum atomic E-state index is -1.01. The third kappa shape index (κ3) is 4.47. The van der Waals surface area contributed by atoms with Crippen LogP contribution in [0.5, 0.6) is 5.75 Å². The van der Waals surface area contributed by atoms with Crippen LogP contribution in [0.3, 0.4) is 0 Å². The Kier molecular flexibility index (Phi) is 6.45. The maximum atomic E-state index is 10.7. The number of ether oxygens (including phenoxy) is 1. The van der Waals surface area contributed by atoms with Gasteiger partial charge in [-0.2, -0.15) is 5.10 Å². The lowest BCUT2D eigenvalue weighted by molar-refractivity contribution is 0.0446. The van der Waals surface area contributed by atoms with Gasteiger partial charge in [0, 0.05) is 13.1 Å². The van der Waals surface area contributed by atoms with E-state index >= 15 is 0 Å². The molecule has 0 saturated heterocycles. The van der Waals surface area contributed by atoms with Crippen LogP contribution >= 0.6 is 0 Å². The van der Waals surface area contributed by atoms with Crippen molar-refractivity contribution in [1.82, 2.24) is 20.0 Å². The molecule has 0 aliphatic rings. The summed E-state index contributed by atoms with van der Waals surface area (Å²) in [6, 6.07) is 0. The van der Waals surface area contributed by atoms with Gasteiger partial charge in [-0.3, -0.25) is 4.68 Å². The first-order valence-corrected chi connectivity index (χ1v) is 7.10. The van der Waals surface area contributed by atoms with Gasteiger partial charge >= 0.3 is 0 Å². The average molecular weight is 284 g/mol. The fourth-order valence-corrected chi connectivity index (χ4v) is 2.12. The molecule has 6 nitrogen and oxygen atoms in total. The van der Waals surface area contributed by atoms with E-state index in [2.05, 4.69) is 22.2 Å². The Balaban J connectivity index is 2.90. The SMILES string of the molecule is CCCNCC(C)(O)c1c(OC)cnn1CCN(C)C. The second kappa shape index (κ2) is 7.61. The lowest BCUT2D eigenvalue weighted by Crippen LogP contribution is -2.38. The summed E-state index contributed by atoms with van der Waals surface area (Å²) in [6.45, 7) is 6.83. The second-order valence-electron chi connectivity index (χ2n) is 5.54. The quantitative estimate of drug-likeness (QED) is 0.652. The molecule has 0 aromatic carbocycles. The molecule has 116 valence electrons. The first kappa shape index (κ1) is 16.9. The molecule has 0 saturated carbocycles. The van der Waals surface area contributed by atoms with Crippen LogP contribution in [-0.2, 0) is 12.1 Å². The molecule has 20 heavy (non-hydrogen) atoms. The number of hydrogen-bond acceptors (Lipinski definition) is 5. The van der Waals surface area contributed by atoms with Crippen LogP contribution in [0.25, 0.3) is 0 Å². The Labute approximate surface area is 121 Å². The van der Waals surface area contributed by atoms with Crippen LogP contribution in [0.2, 0.25) is 0 Å². The third-order valence-corrected chi connectivity index (χ3v) is 3.19. The Bertz CT molecular complexity index is 402. The number of likely N-dealkylation sites (N-methyl/N-ethyl adjacent to an activating group) is 1. The van der Waals surface area contributed by atoms with Crippen molar-refractivity contribution in [2.75, 3.05) is 40.8 Å². The van der Waals surface area contributed by atoms with Crippen LogP contribution in [-0.4, -0.2) is 60.6 Å². The molecule has 0 fully saturated rings. The van der Waals surface area contributed by atoms with Gasteiger partial charge in [0.2, 0.25) is 0 Å². The second-order valence-corrected chi connectivity index (χ2v) is 5.54. The van der Waals surface area contributed by atoms with Crippen LogP contribution in [0.4, 0.5) is 0 Å². The van der Waals surface area contributed by atoms with E-state index in [4.69, 9.17) is 4.74 Å². The first-order valence-electron chi connectivity index (χ1n) is 7.10. The zero-order valence-corrected chi connectivity index (χ0v) is 13.3. The van der Waals surface area contributed by atoms with E-state index in [1.54, 1.807) is 20.2 Å². The number of nitrogens with zero attached hydrogens (tertiary/aromatic N) is 3. The molecule has 1 atom stereocenters. The first-order chi connectivity index (χ1) is 9.42. The Hall–Kier alpha value is -1.11. The monoisotopic (exact) mass is 284 g/mol. The van der Waals surface area contributed by atoms with Gasteiger partial charge in [0.25, 0.3) is 0 Å². The van der Waals surface area contributed by atoms with Crippen molar-refractivity contribution in [2.45, 2.75) is 32.4 Å². The molecule has 1 heterocycles. The molecule has 0 radical (unpaired) electrons. The maximum Gasteiger partial charge on any atom is 0.162 e. The predicted octanol–water partition coefficient (Wildman–Crippen LogP) is 0.660.